The quantitative estimate of drug-likeness (QED) is 0.350. The highest BCUT2D eigenvalue weighted by Crippen LogP contribution is 2.30. The summed E-state index contributed by atoms with van der Waals surface area (Å²) < 4.78 is 5.87. The molecule has 182 valence electrons. The van der Waals surface area contributed by atoms with E-state index in [-0.39, 0.29) is 17.2 Å². The minimum Gasteiger partial charge on any atom is -0.377 e. The number of thiophene rings is 1. The molecule has 4 heterocycles. The third kappa shape index (κ3) is 4.60. The van der Waals surface area contributed by atoms with Crippen LogP contribution in [0, 0.1) is 0 Å². The zero-order valence-electron chi connectivity index (χ0n) is 19.6. The van der Waals surface area contributed by atoms with Crippen molar-refractivity contribution in [1.82, 2.24) is 24.8 Å². The Labute approximate surface area is 210 Å². The summed E-state index contributed by atoms with van der Waals surface area (Å²) in [6.45, 7) is 2.21. The lowest BCUT2D eigenvalue weighted by Crippen LogP contribution is -2.34. The van der Waals surface area contributed by atoms with Crippen LogP contribution in [0.5, 0.6) is 0 Å². The summed E-state index contributed by atoms with van der Waals surface area (Å²) in [6.07, 6.45) is 2.10. The van der Waals surface area contributed by atoms with Gasteiger partial charge in [-0.1, -0.05) is 42.5 Å². The Morgan fingerprint density at radius 1 is 0.944 bits per heavy atom. The number of hydrogen-bond acceptors (Lipinski definition) is 7. The Balaban J connectivity index is 1.32. The molecule has 36 heavy (non-hydrogen) atoms. The van der Waals surface area contributed by atoms with E-state index in [1.165, 1.54) is 11.3 Å². The van der Waals surface area contributed by atoms with Gasteiger partial charge in [-0.15, -0.1) is 11.3 Å². The zero-order chi connectivity index (χ0) is 24.5. The van der Waals surface area contributed by atoms with Gasteiger partial charge in [-0.2, -0.15) is 0 Å². The normalized spacial score (nSPS) is 15.9. The highest BCUT2D eigenvalue weighted by Gasteiger charge is 2.22. The first kappa shape index (κ1) is 22.8. The van der Waals surface area contributed by atoms with Crippen molar-refractivity contribution in [2.24, 2.45) is 0 Å². The molecular formula is C27H25N5O3S. The number of fused-ring (bicyclic) bond motifs is 2. The molecule has 0 aliphatic carbocycles. The van der Waals surface area contributed by atoms with Crippen molar-refractivity contribution < 1.29 is 4.74 Å². The number of ether oxygens (including phenoxy) is 1. The second-order valence-electron chi connectivity index (χ2n) is 9.04. The maximum Gasteiger partial charge on any atom is 0.260 e. The Morgan fingerprint density at radius 3 is 2.50 bits per heavy atom. The standard InChI is InChI=1S/C27H25N5O3S/c33-25-19-10-4-5-11-21(19)28-22(29-25)14-32(13-18-9-6-12-35-18)15-23-30-26(34)24-20(16-36-27(24)31-23)17-7-2-1-3-8-17/h1-5,7-8,10-11,16,18H,6,9,12-15H2,(H,28,29,33)(H,30,31,34). The number of hydrogen-bond donors (Lipinski definition) is 2. The lowest BCUT2D eigenvalue weighted by atomic mass is 10.1. The number of H-pyrrole nitrogens is 2. The third-order valence-electron chi connectivity index (χ3n) is 6.47. The van der Waals surface area contributed by atoms with Crippen molar-refractivity contribution in [2.75, 3.05) is 13.2 Å². The summed E-state index contributed by atoms with van der Waals surface area (Å²) in [6, 6.07) is 17.2. The van der Waals surface area contributed by atoms with Crippen molar-refractivity contribution in [3.63, 3.8) is 0 Å². The first-order valence-corrected chi connectivity index (χ1v) is 12.9. The molecule has 1 atom stereocenters. The van der Waals surface area contributed by atoms with E-state index in [0.29, 0.717) is 52.4 Å². The van der Waals surface area contributed by atoms with Crippen LogP contribution in [0.3, 0.4) is 0 Å². The molecule has 8 nitrogen and oxygen atoms in total. The van der Waals surface area contributed by atoms with E-state index in [1.807, 2.05) is 53.9 Å². The van der Waals surface area contributed by atoms with Crippen LogP contribution in [0.25, 0.3) is 32.2 Å². The van der Waals surface area contributed by atoms with Crippen LogP contribution in [-0.4, -0.2) is 44.1 Å². The number of rotatable bonds is 7. The Kier molecular flexibility index (Phi) is 6.18. The Hall–Kier alpha value is -3.66. The molecule has 1 fully saturated rings. The predicted octanol–water partition coefficient (Wildman–Crippen LogP) is 4.07. The van der Waals surface area contributed by atoms with E-state index in [9.17, 15) is 9.59 Å². The molecule has 2 N–H and O–H groups in total. The number of nitrogens with one attached hydrogen (secondary N) is 2. The van der Waals surface area contributed by atoms with Gasteiger partial charge in [0.15, 0.2) is 0 Å². The van der Waals surface area contributed by atoms with E-state index in [2.05, 4.69) is 19.9 Å². The highest BCUT2D eigenvalue weighted by molar-refractivity contribution is 7.17. The van der Waals surface area contributed by atoms with Crippen molar-refractivity contribution in [3.05, 3.63) is 92.3 Å². The maximum atomic E-state index is 13.1. The van der Waals surface area contributed by atoms with Crippen molar-refractivity contribution in [1.29, 1.82) is 0 Å². The first-order valence-electron chi connectivity index (χ1n) is 12.0. The third-order valence-corrected chi connectivity index (χ3v) is 7.34. The number of aromatic amines is 2. The van der Waals surface area contributed by atoms with Crippen molar-refractivity contribution in [2.45, 2.75) is 32.0 Å². The largest absolute Gasteiger partial charge is 0.377 e. The molecule has 9 heteroatoms. The predicted molar refractivity (Wildman–Crippen MR) is 141 cm³/mol. The summed E-state index contributed by atoms with van der Waals surface area (Å²) in [5.41, 5.74) is 2.24. The van der Waals surface area contributed by atoms with Gasteiger partial charge < -0.3 is 14.7 Å². The fraction of sp³-hybridized carbons (Fsp3) is 0.259. The molecular weight excluding hydrogens is 474 g/mol. The van der Waals surface area contributed by atoms with Crippen LogP contribution in [0.4, 0.5) is 0 Å². The molecule has 0 spiro atoms. The number of benzene rings is 2. The minimum atomic E-state index is -0.160. The SMILES string of the molecule is O=c1[nH]c(CN(Cc2nc3scc(-c4ccccc4)c3c(=O)[nH]2)CC2CCCO2)nc2ccccc12. The van der Waals surface area contributed by atoms with Crippen molar-refractivity contribution in [3.8, 4) is 11.1 Å². The van der Waals surface area contributed by atoms with E-state index in [0.717, 1.165) is 30.6 Å². The van der Waals surface area contributed by atoms with E-state index in [4.69, 9.17) is 9.72 Å². The molecule has 3 aromatic heterocycles. The molecule has 0 radical (unpaired) electrons. The summed E-state index contributed by atoms with van der Waals surface area (Å²) in [5, 5.41) is 3.16. The van der Waals surface area contributed by atoms with Crippen molar-refractivity contribution >= 4 is 32.5 Å². The molecule has 1 aliphatic heterocycles. The van der Waals surface area contributed by atoms with Gasteiger partial charge in [-0.3, -0.25) is 14.5 Å². The molecule has 5 aromatic rings. The van der Waals surface area contributed by atoms with Gasteiger partial charge in [0.05, 0.1) is 35.5 Å². The monoisotopic (exact) mass is 499 g/mol. The molecule has 1 aliphatic rings. The minimum absolute atomic E-state index is 0.0963. The van der Waals surface area contributed by atoms with E-state index in [1.54, 1.807) is 6.07 Å². The summed E-state index contributed by atoms with van der Waals surface area (Å²) in [4.78, 5) is 43.9. The molecule has 0 amide bonds. The van der Waals surface area contributed by atoms with E-state index >= 15 is 0 Å². The molecule has 2 aromatic carbocycles. The van der Waals surface area contributed by atoms with Gasteiger partial charge in [-0.25, -0.2) is 9.97 Å². The second-order valence-corrected chi connectivity index (χ2v) is 9.90. The number of nitrogens with zero attached hydrogens (tertiary/aromatic N) is 3. The molecule has 0 saturated carbocycles. The maximum absolute atomic E-state index is 13.1. The van der Waals surface area contributed by atoms with Gasteiger partial charge in [0, 0.05) is 24.1 Å². The average Bonchev–Trinajstić information content (AvgIpc) is 3.55. The van der Waals surface area contributed by atoms with E-state index < -0.39 is 0 Å². The average molecular weight is 500 g/mol. The molecule has 0 bridgehead atoms. The van der Waals surface area contributed by atoms with Crippen LogP contribution >= 0.6 is 11.3 Å². The molecule has 1 unspecified atom stereocenters. The fourth-order valence-electron chi connectivity index (χ4n) is 4.79. The zero-order valence-corrected chi connectivity index (χ0v) is 20.4. The topological polar surface area (TPSA) is 104 Å². The van der Waals surface area contributed by atoms with Crippen LogP contribution in [0.15, 0.2) is 69.6 Å². The fourth-order valence-corrected chi connectivity index (χ4v) is 5.76. The molecule has 6 rings (SSSR count). The highest BCUT2D eigenvalue weighted by atomic mass is 32.1. The Bertz CT molecular complexity index is 1640. The summed E-state index contributed by atoms with van der Waals surface area (Å²) >= 11 is 1.47. The van der Waals surface area contributed by atoms with Crippen LogP contribution in [0.2, 0.25) is 0 Å². The second kappa shape index (κ2) is 9.77. The van der Waals surface area contributed by atoms with Crippen LogP contribution < -0.4 is 11.1 Å². The van der Waals surface area contributed by atoms with Gasteiger partial charge in [0.2, 0.25) is 0 Å². The summed E-state index contributed by atoms with van der Waals surface area (Å²) in [5.74, 6) is 1.15. The van der Waals surface area contributed by atoms with Gasteiger partial charge in [-0.05, 0) is 30.5 Å². The number of para-hydroxylation sites is 1. The molecule has 1 saturated heterocycles. The lowest BCUT2D eigenvalue weighted by Gasteiger charge is -2.24. The number of aromatic nitrogens is 4. The van der Waals surface area contributed by atoms with Gasteiger partial charge in [0.25, 0.3) is 11.1 Å². The van der Waals surface area contributed by atoms with Crippen LogP contribution in [-0.2, 0) is 17.8 Å². The first-order chi connectivity index (χ1) is 17.6. The van der Waals surface area contributed by atoms with Crippen LogP contribution in [0.1, 0.15) is 24.5 Å². The Morgan fingerprint density at radius 2 is 1.69 bits per heavy atom. The van der Waals surface area contributed by atoms with Gasteiger partial charge in [0.1, 0.15) is 16.5 Å². The summed E-state index contributed by atoms with van der Waals surface area (Å²) in [7, 11) is 0. The smallest absolute Gasteiger partial charge is 0.260 e. The lowest BCUT2D eigenvalue weighted by molar-refractivity contribution is 0.0661. The van der Waals surface area contributed by atoms with Gasteiger partial charge >= 0.3 is 0 Å².